The minimum Gasteiger partial charge on any atom is -0.509 e. The van der Waals surface area contributed by atoms with E-state index in [1.165, 1.54) is 11.6 Å². The van der Waals surface area contributed by atoms with Crippen LogP contribution in [0.15, 0.2) is 158 Å². The third kappa shape index (κ3) is 9.22. The molecule has 0 aliphatic carbocycles. The van der Waals surface area contributed by atoms with Gasteiger partial charge >= 0.3 is 0 Å². The Kier molecular flexibility index (Phi) is 9.90. The van der Waals surface area contributed by atoms with Crippen LogP contribution in [0, 0.1) is 18.8 Å². The molecular weight excluding hydrogens is 1040 g/mol. The first-order chi connectivity index (χ1) is 36.4. The van der Waals surface area contributed by atoms with E-state index in [1.54, 1.807) is 18.2 Å². The smallest absolute Gasteiger partial charge is 0.135 e. The molecule has 0 fully saturated rings. The summed E-state index contributed by atoms with van der Waals surface area (Å²) in [6.07, 6.45) is 1.86. The molecular formula is C64H63N4OPt-3. The quantitative estimate of drug-likeness (QED) is 0.149. The van der Waals surface area contributed by atoms with E-state index < -0.39 is 42.3 Å². The minimum atomic E-state index is -0.535. The van der Waals surface area contributed by atoms with Crippen molar-refractivity contribution in [1.82, 2.24) is 9.55 Å². The molecule has 1 aliphatic heterocycles. The van der Waals surface area contributed by atoms with Crippen LogP contribution in [0.1, 0.15) is 118 Å². The maximum atomic E-state index is 9.22. The standard InChI is InChI=1S/C64H63N4O.Pt/c1-61(2,3)44-26-30-55-54(36-44)53-29-28-49(40-57(53)68(55)59-38-46(32-33-65-59)63(7,8)9)69-50-35-47(64(10,11)12)34-48(39-50)66-41-67(58-37-45(62(4,5)6)27-31-56(58)66)60-51(42-20-15-13-16-21-42)24-19-25-52(60)43-22-17-14-18-23-43;/h13-38,41H,1-12H3;/q-3;/i13D,14D,15D,16D,17D,18D,20D,21D,22D;. The second kappa shape index (κ2) is 18.1. The van der Waals surface area contributed by atoms with Crippen LogP contribution in [0.3, 0.4) is 0 Å². The molecule has 0 N–H and O–H groups in total. The molecule has 0 bridgehead atoms. The van der Waals surface area contributed by atoms with Gasteiger partial charge in [-0.1, -0.05) is 185 Å². The predicted octanol–water partition coefficient (Wildman–Crippen LogP) is 17.5. The third-order valence-electron chi connectivity index (χ3n) is 13.0. The van der Waals surface area contributed by atoms with Gasteiger partial charge in [-0.05, 0) is 85.2 Å². The maximum absolute atomic E-state index is 9.22. The Hall–Kier alpha value is -6.42. The number of ether oxygens (including phenoxy) is 1. The topological polar surface area (TPSA) is 33.5 Å². The van der Waals surface area contributed by atoms with Crippen LogP contribution in [-0.2, 0) is 42.7 Å². The van der Waals surface area contributed by atoms with Crippen molar-refractivity contribution >= 4 is 44.6 Å². The van der Waals surface area contributed by atoms with Crippen molar-refractivity contribution in [2.75, 3.05) is 9.80 Å². The average Bonchev–Trinajstić information content (AvgIpc) is 4.13. The molecule has 0 amide bonds. The molecule has 7 aromatic carbocycles. The molecule has 0 atom stereocenters. The Morgan fingerprint density at radius 3 is 1.86 bits per heavy atom. The van der Waals surface area contributed by atoms with Gasteiger partial charge in [0.05, 0.1) is 12.3 Å². The fourth-order valence-corrected chi connectivity index (χ4v) is 8.99. The molecule has 10 rings (SSSR count). The van der Waals surface area contributed by atoms with Gasteiger partial charge < -0.3 is 19.1 Å². The van der Waals surface area contributed by atoms with Gasteiger partial charge in [-0.3, -0.25) is 0 Å². The first-order valence-electron chi connectivity index (χ1n) is 28.0. The molecule has 5 nitrogen and oxygen atoms in total. The molecule has 0 unspecified atom stereocenters. The summed E-state index contributed by atoms with van der Waals surface area (Å²) in [5.41, 5.74) is 8.26. The SMILES string of the molecule is [2H]c1cc(-c2cccc(-c3c([2H])c([2H])c([2H])c([2H])c3[2H])c2N2[CH-]N(c3[c-]c(Oc4[c-]c5c(cc4)c4cc(C(C)(C)C)ccc4n5-c4cc(C(C)(C)C)ccn4)cc(C(C)(C)C)c3)c3ccc(C(C)(C)C)cc32)c([2H])c([2H])c1[2H].[Pt]. The number of hydrogen-bond donors (Lipinski definition) is 0. The summed E-state index contributed by atoms with van der Waals surface area (Å²) in [6.45, 7) is 27.8. The zero-order valence-electron chi connectivity index (χ0n) is 50.9. The number of nitrogens with zero attached hydrogens (tertiary/aromatic N) is 4. The third-order valence-corrected chi connectivity index (χ3v) is 13.0. The normalized spacial score (nSPS) is 15.0. The van der Waals surface area contributed by atoms with E-state index in [9.17, 15) is 4.11 Å². The van der Waals surface area contributed by atoms with Crippen molar-refractivity contribution in [3.05, 3.63) is 199 Å². The summed E-state index contributed by atoms with van der Waals surface area (Å²) < 4.78 is 88.6. The van der Waals surface area contributed by atoms with Crippen LogP contribution in [0.2, 0.25) is 0 Å². The molecule has 0 radical (unpaired) electrons. The predicted molar refractivity (Wildman–Crippen MR) is 290 cm³/mol. The van der Waals surface area contributed by atoms with E-state index in [2.05, 4.69) is 154 Å². The van der Waals surface area contributed by atoms with Crippen molar-refractivity contribution < 1.29 is 38.1 Å². The number of benzene rings is 7. The van der Waals surface area contributed by atoms with Gasteiger partial charge in [0.1, 0.15) is 5.82 Å². The van der Waals surface area contributed by atoms with Crippen molar-refractivity contribution in [2.24, 2.45) is 0 Å². The van der Waals surface area contributed by atoms with E-state index in [-0.39, 0.29) is 71.5 Å². The summed E-state index contributed by atoms with van der Waals surface area (Å²) in [5, 5.41) is 2.09. The molecule has 3 heterocycles. The first kappa shape index (κ1) is 38.3. The molecule has 70 heavy (non-hydrogen) atoms. The van der Waals surface area contributed by atoms with Crippen molar-refractivity contribution in [1.29, 1.82) is 0 Å². The molecule has 0 saturated carbocycles. The number of fused-ring (bicyclic) bond motifs is 4. The van der Waals surface area contributed by atoms with Gasteiger partial charge in [-0.25, -0.2) is 4.98 Å². The Morgan fingerprint density at radius 2 is 1.16 bits per heavy atom. The fraction of sp³-hybridized carbons (Fsp3) is 0.250. The van der Waals surface area contributed by atoms with Gasteiger partial charge in [-0.2, -0.15) is 6.07 Å². The van der Waals surface area contributed by atoms with Crippen LogP contribution >= 0.6 is 0 Å². The molecule has 0 spiro atoms. The van der Waals surface area contributed by atoms with E-state index in [1.807, 2.05) is 40.9 Å². The van der Waals surface area contributed by atoms with Gasteiger partial charge in [0, 0.05) is 72.5 Å². The number of pyridine rings is 1. The average molecular weight is 1110 g/mol. The maximum Gasteiger partial charge on any atom is 0.135 e. The first-order valence-corrected chi connectivity index (χ1v) is 23.5. The van der Waals surface area contributed by atoms with E-state index in [0.717, 1.165) is 50.0 Å². The fourth-order valence-electron chi connectivity index (χ4n) is 8.99. The number of anilines is 4. The summed E-state index contributed by atoms with van der Waals surface area (Å²) in [6, 6.07) is 35.1. The molecule has 0 saturated heterocycles. The monoisotopic (exact) mass is 1110 g/mol. The largest absolute Gasteiger partial charge is 0.509 e. The van der Waals surface area contributed by atoms with Gasteiger partial charge in [0.15, 0.2) is 0 Å². The van der Waals surface area contributed by atoms with Crippen molar-refractivity contribution in [2.45, 2.75) is 105 Å². The Bertz CT molecular complexity index is 3910. The molecule has 358 valence electrons. The van der Waals surface area contributed by atoms with Crippen LogP contribution in [-0.4, -0.2) is 9.55 Å². The van der Waals surface area contributed by atoms with Gasteiger partial charge in [0.2, 0.25) is 0 Å². The van der Waals surface area contributed by atoms with Crippen LogP contribution in [0.4, 0.5) is 22.7 Å². The molecule has 2 aromatic heterocycles. The number of rotatable bonds is 7. The second-order valence-corrected chi connectivity index (χ2v) is 22.1. The number of hydrogen-bond acceptors (Lipinski definition) is 4. The van der Waals surface area contributed by atoms with Crippen LogP contribution in [0.5, 0.6) is 11.5 Å². The molecule has 6 heteroatoms. The Balaban J connectivity index is 0.00000757. The Morgan fingerprint density at radius 1 is 0.529 bits per heavy atom. The second-order valence-electron chi connectivity index (χ2n) is 22.1. The van der Waals surface area contributed by atoms with Gasteiger partial charge in [-0.15, -0.1) is 53.6 Å². The Labute approximate surface area is 443 Å². The zero-order valence-corrected chi connectivity index (χ0v) is 44.2. The molecule has 1 aliphatic rings. The number of para-hydroxylation sites is 1. The summed E-state index contributed by atoms with van der Waals surface area (Å²) >= 11 is 0. The van der Waals surface area contributed by atoms with Gasteiger partial charge in [0.25, 0.3) is 0 Å². The summed E-state index contributed by atoms with van der Waals surface area (Å²) in [5.74, 6) is 1.67. The zero-order chi connectivity index (χ0) is 56.5. The minimum absolute atomic E-state index is 0. The van der Waals surface area contributed by atoms with Crippen molar-refractivity contribution in [3.8, 4) is 39.6 Å². The van der Waals surface area contributed by atoms with E-state index >= 15 is 0 Å². The van der Waals surface area contributed by atoms with Crippen LogP contribution < -0.4 is 14.5 Å². The van der Waals surface area contributed by atoms with E-state index in [0.29, 0.717) is 34.1 Å². The van der Waals surface area contributed by atoms with E-state index in [4.69, 9.17) is 17.9 Å². The van der Waals surface area contributed by atoms with Crippen LogP contribution in [0.25, 0.3) is 49.9 Å². The molecule has 9 aromatic rings. The summed E-state index contributed by atoms with van der Waals surface area (Å²) in [7, 11) is 0. The summed E-state index contributed by atoms with van der Waals surface area (Å²) in [4.78, 5) is 8.80. The van der Waals surface area contributed by atoms with Crippen molar-refractivity contribution in [3.63, 3.8) is 0 Å². The number of aromatic nitrogens is 2.